The standard InChI is InChI=1S/C14H17ClN2S/c1-2-7-17-13(11-5-8-16-9-6-11)10-12-3-4-14(15)18-12/h3-6,8-9,13,17H,2,7,10H2,1H3. The topological polar surface area (TPSA) is 24.9 Å². The van der Waals surface area contributed by atoms with Gasteiger partial charge in [-0.05, 0) is 42.8 Å². The Morgan fingerprint density at radius 2 is 2.06 bits per heavy atom. The van der Waals surface area contributed by atoms with E-state index in [1.165, 1.54) is 10.4 Å². The van der Waals surface area contributed by atoms with Crippen molar-refractivity contribution >= 4 is 22.9 Å². The average molecular weight is 281 g/mol. The van der Waals surface area contributed by atoms with Crippen LogP contribution in [0.3, 0.4) is 0 Å². The van der Waals surface area contributed by atoms with Crippen LogP contribution in [0.2, 0.25) is 4.34 Å². The molecule has 0 bridgehead atoms. The highest BCUT2D eigenvalue weighted by atomic mass is 35.5. The van der Waals surface area contributed by atoms with E-state index < -0.39 is 0 Å². The molecule has 0 spiro atoms. The van der Waals surface area contributed by atoms with E-state index in [2.05, 4.69) is 35.4 Å². The monoisotopic (exact) mass is 280 g/mol. The zero-order chi connectivity index (χ0) is 12.8. The van der Waals surface area contributed by atoms with Gasteiger partial charge in [-0.1, -0.05) is 18.5 Å². The number of nitrogens with one attached hydrogen (secondary N) is 1. The third-order valence-corrected chi connectivity index (χ3v) is 4.04. The van der Waals surface area contributed by atoms with Crippen molar-refractivity contribution in [1.29, 1.82) is 0 Å². The minimum absolute atomic E-state index is 0.336. The van der Waals surface area contributed by atoms with E-state index in [-0.39, 0.29) is 0 Å². The van der Waals surface area contributed by atoms with Crippen molar-refractivity contribution in [1.82, 2.24) is 10.3 Å². The Balaban J connectivity index is 2.10. The van der Waals surface area contributed by atoms with Crippen LogP contribution in [0.4, 0.5) is 0 Å². The van der Waals surface area contributed by atoms with Crippen LogP contribution < -0.4 is 5.32 Å². The second kappa shape index (κ2) is 6.88. The second-order valence-electron chi connectivity index (χ2n) is 4.20. The van der Waals surface area contributed by atoms with E-state index in [1.54, 1.807) is 11.3 Å². The zero-order valence-corrected chi connectivity index (χ0v) is 12.0. The maximum atomic E-state index is 5.98. The summed E-state index contributed by atoms with van der Waals surface area (Å²) in [7, 11) is 0. The lowest BCUT2D eigenvalue weighted by molar-refractivity contribution is 0.532. The van der Waals surface area contributed by atoms with E-state index in [0.29, 0.717) is 6.04 Å². The van der Waals surface area contributed by atoms with Crippen molar-refractivity contribution in [3.8, 4) is 0 Å². The number of halogens is 1. The third-order valence-electron chi connectivity index (χ3n) is 2.78. The van der Waals surface area contributed by atoms with Gasteiger partial charge in [0.2, 0.25) is 0 Å². The lowest BCUT2D eigenvalue weighted by Crippen LogP contribution is -2.23. The Morgan fingerprint density at radius 1 is 1.28 bits per heavy atom. The smallest absolute Gasteiger partial charge is 0.0931 e. The van der Waals surface area contributed by atoms with Crippen LogP contribution in [-0.4, -0.2) is 11.5 Å². The predicted molar refractivity (Wildman–Crippen MR) is 78.3 cm³/mol. The number of thiophene rings is 1. The minimum atomic E-state index is 0.336. The fraction of sp³-hybridized carbons (Fsp3) is 0.357. The molecule has 2 aromatic rings. The lowest BCUT2D eigenvalue weighted by Gasteiger charge is -2.18. The summed E-state index contributed by atoms with van der Waals surface area (Å²) in [5, 5.41) is 3.58. The van der Waals surface area contributed by atoms with Gasteiger partial charge in [-0.25, -0.2) is 0 Å². The summed E-state index contributed by atoms with van der Waals surface area (Å²) in [6.07, 6.45) is 5.79. The molecule has 0 fully saturated rings. The molecule has 0 aromatic carbocycles. The third kappa shape index (κ3) is 3.80. The Labute approximate surface area is 117 Å². The minimum Gasteiger partial charge on any atom is -0.310 e. The van der Waals surface area contributed by atoms with Crippen molar-refractivity contribution in [3.05, 3.63) is 51.4 Å². The van der Waals surface area contributed by atoms with Gasteiger partial charge in [-0.3, -0.25) is 4.98 Å². The molecule has 0 amide bonds. The van der Waals surface area contributed by atoms with Gasteiger partial charge < -0.3 is 5.32 Å². The van der Waals surface area contributed by atoms with Crippen LogP contribution in [0.1, 0.15) is 29.8 Å². The van der Waals surface area contributed by atoms with Crippen LogP contribution >= 0.6 is 22.9 Å². The number of pyridine rings is 1. The Hall–Kier alpha value is -0.900. The molecule has 2 rings (SSSR count). The maximum absolute atomic E-state index is 5.98. The first kappa shape index (κ1) is 13.5. The Bertz CT molecular complexity index is 470. The molecule has 0 radical (unpaired) electrons. The van der Waals surface area contributed by atoms with Gasteiger partial charge in [0.1, 0.15) is 0 Å². The Kier molecular flexibility index (Phi) is 5.17. The molecule has 18 heavy (non-hydrogen) atoms. The highest BCUT2D eigenvalue weighted by Gasteiger charge is 2.12. The molecule has 0 saturated heterocycles. The van der Waals surface area contributed by atoms with Gasteiger partial charge in [0, 0.05) is 29.7 Å². The molecule has 2 nitrogen and oxygen atoms in total. The van der Waals surface area contributed by atoms with Crippen LogP contribution in [-0.2, 0) is 6.42 Å². The van der Waals surface area contributed by atoms with Crippen molar-refractivity contribution in [2.45, 2.75) is 25.8 Å². The molecule has 1 atom stereocenters. The van der Waals surface area contributed by atoms with Gasteiger partial charge in [0.15, 0.2) is 0 Å². The van der Waals surface area contributed by atoms with E-state index >= 15 is 0 Å². The summed E-state index contributed by atoms with van der Waals surface area (Å²) in [5.41, 5.74) is 1.28. The summed E-state index contributed by atoms with van der Waals surface area (Å²) in [6.45, 7) is 3.20. The SMILES string of the molecule is CCCNC(Cc1ccc(Cl)s1)c1ccncc1. The normalized spacial score (nSPS) is 12.6. The van der Waals surface area contributed by atoms with Gasteiger partial charge in [-0.2, -0.15) is 0 Å². The van der Waals surface area contributed by atoms with Crippen LogP contribution in [0.15, 0.2) is 36.7 Å². The molecule has 1 N–H and O–H groups in total. The fourth-order valence-electron chi connectivity index (χ4n) is 1.88. The molecule has 0 saturated carbocycles. The number of nitrogens with zero attached hydrogens (tertiary/aromatic N) is 1. The number of hydrogen-bond donors (Lipinski definition) is 1. The van der Waals surface area contributed by atoms with E-state index in [1.807, 2.05) is 18.5 Å². The summed E-state index contributed by atoms with van der Waals surface area (Å²) in [5.74, 6) is 0. The molecule has 0 aliphatic rings. The predicted octanol–water partition coefficient (Wildman–Crippen LogP) is 4.08. The molecule has 0 aliphatic heterocycles. The summed E-state index contributed by atoms with van der Waals surface area (Å²) < 4.78 is 0.856. The number of aromatic nitrogens is 1. The number of rotatable bonds is 6. The van der Waals surface area contributed by atoms with Gasteiger partial charge >= 0.3 is 0 Å². The molecule has 4 heteroatoms. The van der Waals surface area contributed by atoms with Crippen LogP contribution in [0.25, 0.3) is 0 Å². The first-order valence-electron chi connectivity index (χ1n) is 6.17. The summed E-state index contributed by atoms with van der Waals surface area (Å²) in [4.78, 5) is 5.38. The fourth-order valence-corrected chi connectivity index (χ4v) is 3.02. The van der Waals surface area contributed by atoms with E-state index in [0.717, 1.165) is 23.7 Å². The van der Waals surface area contributed by atoms with Crippen LogP contribution in [0, 0.1) is 0 Å². The second-order valence-corrected chi connectivity index (χ2v) is 6.00. The molecular weight excluding hydrogens is 264 g/mol. The van der Waals surface area contributed by atoms with Crippen molar-refractivity contribution < 1.29 is 0 Å². The zero-order valence-electron chi connectivity index (χ0n) is 10.4. The Morgan fingerprint density at radius 3 is 2.67 bits per heavy atom. The van der Waals surface area contributed by atoms with E-state index in [9.17, 15) is 0 Å². The summed E-state index contributed by atoms with van der Waals surface area (Å²) in [6, 6.07) is 8.55. The maximum Gasteiger partial charge on any atom is 0.0931 e. The molecule has 0 aliphatic carbocycles. The molecular formula is C14H17ClN2S. The van der Waals surface area contributed by atoms with E-state index in [4.69, 9.17) is 11.6 Å². The van der Waals surface area contributed by atoms with Crippen molar-refractivity contribution in [2.24, 2.45) is 0 Å². The quantitative estimate of drug-likeness (QED) is 0.862. The largest absolute Gasteiger partial charge is 0.310 e. The molecule has 2 aromatic heterocycles. The van der Waals surface area contributed by atoms with Gasteiger partial charge in [0.05, 0.1) is 4.34 Å². The highest BCUT2D eigenvalue weighted by Crippen LogP contribution is 2.26. The lowest BCUT2D eigenvalue weighted by atomic mass is 10.0. The molecule has 2 heterocycles. The highest BCUT2D eigenvalue weighted by molar-refractivity contribution is 7.16. The van der Waals surface area contributed by atoms with Gasteiger partial charge in [0.25, 0.3) is 0 Å². The first-order chi connectivity index (χ1) is 8.79. The molecule has 1 unspecified atom stereocenters. The average Bonchev–Trinajstić information content (AvgIpc) is 2.81. The number of hydrogen-bond acceptors (Lipinski definition) is 3. The van der Waals surface area contributed by atoms with Crippen LogP contribution in [0.5, 0.6) is 0 Å². The van der Waals surface area contributed by atoms with Crippen molar-refractivity contribution in [2.75, 3.05) is 6.54 Å². The summed E-state index contributed by atoms with van der Waals surface area (Å²) >= 11 is 7.64. The first-order valence-corrected chi connectivity index (χ1v) is 7.36. The molecule has 96 valence electrons. The van der Waals surface area contributed by atoms with Gasteiger partial charge in [-0.15, -0.1) is 11.3 Å². The van der Waals surface area contributed by atoms with Crippen molar-refractivity contribution in [3.63, 3.8) is 0 Å².